The third-order valence-corrected chi connectivity index (χ3v) is 2.00. The molecule has 0 heterocycles. The average Bonchev–Trinajstić information content (AvgIpc) is 2.02. The van der Waals surface area contributed by atoms with Gasteiger partial charge in [0.25, 0.3) is 0 Å². The van der Waals surface area contributed by atoms with Gasteiger partial charge in [-0.25, -0.2) is 0 Å². The summed E-state index contributed by atoms with van der Waals surface area (Å²) >= 11 is 0. The molecular weight excluding hydrogens is 168 g/mol. The van der Waals surface area contributed by atoms with E-state index in [9.17, 15) is 0 Å². The van der Waals surface area contributed by atoms with Crippen LogP contribution in [0.4, 0.5) is 0 Å². The van der Waals surface area contributed by atoms with Gasteiger partial charge in [0.2, 0.25) is 0 Å². The van der Waals surface area contributed by atoms with Crippen LogP contribution in [0.15, 0.2) is 0 Å². The van der Waals surface area contributed by atoms with E-state index in [0.29, 0.717) is 13.0 Å². The molecule has 0 saturated heterocycles. The zero-order chi connectivity index (χ0) is 10.5. The summed E-state index contributed by atoms with van der Waals surface area (Å²) in [5.74, 6) is 0. The van der Waals surface area contributed by atoms with E-state index in [4.69, 9.17) is 14.9 Å². The fourth-order valence-corrected chi connectivity index (χ4v) is 0.812. The minimum absolute atomic E-state index is 0.00297. The topological polar surface area (TPSA) is 49.7 Å². The predicted molar refractivity (Wildman–Crippen MR) is 52.6 cm³/mol. The number of aliphatic hydroxyl groups is 2. The molecule has 0 atom stereocenters. The van der Waals surface area contributed by atoms with E-state index >= 15 is 0 Å². The van der Waals surface area contributed by atoms with Gasteiger partial charge >= 0.3 is 0 Å². The second-order valence-corrected chi connectivity index (χ2v) is 4.84. The average molecular weight is 190 g/mol. The Morgan fingerprint density at radius 1 is 1.00 bits per heavy atom. The largest absolute Gasteiger partial charge is 0.396 e. The molecule has 80 valence electrons. The lowest BCUT2D eigenvalue weighted by Gasteiger charge is -2.27. The van der Waals surface area contributed by atoms with Crippen molar-refractivity contribution in [3.8, 4) is 0 Å². The van der Waals surface area contributed by atoms with Crippen molar-refractivity contribution < 1.29 is 14.9 Å². The van der Waals surface area contributed by atoms with Crippen molar-refractivity contribution >= 4 is 0 Å². The summed E-state index contributed by atoms with van der Waals surface area (Å²) < 4.78 is 5.51. The Morgan fingerprint density at radius 3 is 1.77 bits per heavy atom. The zero-order valence-corrected chi connectivity index (χ0v) is 9.13. The summed E-state index contributed by atoms with van der Waals surface area (Å²) in [5, 5.41) is 18.0. The van der Waals surface area contributed by atoms with Gasteiger partial charge in [0.1, 0.15) is 0 Å². The van der Waals surface area contributed by atoms with E-state index in [1.165, 1.54) is 0 Å². The van der Waals surface area contributed by atoms with Crippen LogP contribution >= 0.6 is 0 Å². The molecule has 0 aliphatic carbocycles. The molecule has 3 heteroatoms. The summed E-state index contributed by atoms with van der Waals surface area (Å²) in [7, 11) is 0. The number of hydrogen-bond acceptors (Lipinski definition) is 3. The highest BCUT2D eigenvalue weighted by atomic mass is 16.5. The molecule has 0 aromatic rings. The van der Waals surface area contributed by atoms with Crippen molar-refractivity contribution in [2.45, 2.75) is 39.7 Å². The third-order valence-electron chi connectivity index (χ3n) is 2.00. The summed E-state index contributed by atoms with van der Waals surface area (Å²) in [6.07, 6.45) is 0.678. The maximum Gasteiger partial charge on any atom is 0.0598 e. The van der Waals surface area contributed by atoms with Gasteiger partial charge in [0.05, 0.1) is 18.8 Å². The van der Waals surface area contributed by atoms with Crippen molar-refractivity contribution in [1.82, 2.24) is 0 Å². The molecule has 0 amide bonds. The summed E-state index contributed by atoms with van der Waals surface area (Å²) in [6, 6.07) is 0. The molecule has 0 fully saturated rings. The first kappa shape index (κ1) is 12.9. The van der Waals surface area contributed by atoms with E-state index in [1.54, 1.807) is 0 Å². The van der Waals surface area contributed by atoms with Gasteiger partial charge in [-0.15, -0.1) is 0 Å². The normalized spacial score (nSPS) is 13.4. The molecule has 2 N–H and O–H groups in total. The quantitative estimate of drug-likeness (QED) is 0.684. The highest BCUT2D eigenvalue weighted by Gasteiger charge is 2.23. The second-order valence-electron chi connectivity index (χ2n) is 4.84. The minimum Gasteiger partial charge on any atom is -0.396 e. The van der Waals surface area contributed by atoms with Crippen molar-refractivity contribution in [2.75, 3.05) is 19.8 Å². The molecule has 0 radical (unpaired) electrons. The third kappa shape index (κ3) is 6.02. The second kappa shape index (κ2) is 4.94. The Morgan fingerprint density at radius 2 is 1.46 bits per heavy atom. The smallest absolute Gasteiger partial charge is 0.0598 e. The van der Waals surface area contributed by atoms with Crippen molar-refractivity contribution in [1.29, 1.82) is 0 Å². The first-order chi connectivity index (χ1) is 5.83. The first-order valence-electron chi connectivity index (χ1n) is 4.69. The highest BCUT2D eigenvalue weighted by molar-refractivity contribution is 4.72. The van der Waals surface area contributed by atoms with Crippen LogP contribution in [0.1, 0.15) is 34.1 Å². The molecule has 0 unspecified atom stereocenters. The molecule has 0 saturated carbocycles. The molecular formula is C10H22O3. The summed E-state index contributed by atoms with van der Waals surface area (Å²) in [5.41, 5.74) is -0.558. The lowest BCUT2D eigenvalue weighted by Crippen LogP contribution is -2.30. The van der Waals surface area contributed by atoms with Crippen molar-refractivity contribution in [2.24, 2.45) is 5.41 Å². The van der Waals surface area contributed by atoms with Crippen LogP contribution in [-0.2, 0) is 4.74 Å². The van der Waals surface area contributed by atoms with Crippen LogP contribution in [0.5, 0.6) is 0 Å². The van der Waals surface area contributed by atoms with Crippen LogP contribution in [0.2, 0.25) is 0 Å². The standard InChI is InChI=1S/C10H22O3/c1-9(2,3)13-6-5-10(4,7-11)8-12/h11-12H,5-8H2,1-4H3. The van der Waals surface area contributed by atoms with E-state index < -0.39 is 5.41 Å². The molecule has 13 heavy (non-hydrogen) atoms. The Hall–Kier alpha value is -0.120. The maximum absolute atomic E-state index is 9.00. The number of rotatable bonds is 5. The molecule has 0 aromatic carbocycles. The Kier molecular flexibility index (Phi) is 4.89. The van der Waals surface area contributed by atoms with Gasteiger partial charge in [-0.2, -0.15) is 0 Å². The van der Waals surface area contributed by atoms with Gasteiger partial charge in [-0.05, 0) is 27.2 Å². The molecule has 0 bridgehead atoms. The lowest BCUT2D eigenvalue weighted by atomic mass is 9.89. The molecule has 0 aliphatic heterocycles. The van der Waals surface area contributed by atoms with Gasteiger partial charge in [-0.3, -0.25) is 0 Å². The van der Waals surface area contributed by atoms with Gasteiger partial charge in [0.15, 0.2) is 0 Å². The summed E-state index contributed by atoms with van der Waals surface area (Å²) in [6.45, 7) is 8.38. The van der Waals surface area contributed by atoms with Crippen molar-refractivity contribution in [3.05, 3.63) is 0 Å². The number of hydrogen-bond donors (Lipinski definition) is 2. The van der Waals surface area contributed by atoms with Gasteiger partial charge in [0, 0.05) is 12.0 Å². The van der Waals surface area contributed by atoms with Crippen LogP contribution in [0.3, 0.4) is 0 Å². The number of ether oxygens (including phenoxy) is 1. The molecule has 0 aromatic heterocycles. The molecule has 0 aliphatic rings. The van der Waals surface area contributed by atoms with E-state index in [-0.39, 0.29) is 18.8 Å². The minimum atomic E-state index is -0.411. The Balaban J connectivity index is 3.74. The van der Waals surface area contributed by atoms with E-state index in [0.717, 1.165) is 0 Å². The van der Waals surface area contributed by atoms with Gasteiger partial charge < -0.3 is 14.9 Å². The molecule has 3 nitrogen and oxygen atoms in total. The van der Waals surface area contributed by atoms with Crippen molar-refractivity contribution in [3.63, 3.8) is 0 Å². The predicted octanol–water partition coefficient (Wildman–Crippen LogP) is 1.18. The fraction of sp³-hybridized carbons (Fsp3) is 1.00. The van der Waals surface area contributed by atoms with E-state index in [1.807, 2.05) is 27.7 Å². The lowest BCUT2D eigenvalue weighted by molar-refractivity contribution is -0.0338. The Bertz CT molecular complexity index is 134. The van der Waals surface area contributed by atoms with Gasteiger partial charge in [-0.1, -0.05) is 6.92 Å². The zero-order valence-electron chi connectivity index (χ0n) is 9.13. The van der Waals surface area contributed by atoms with Crippen LogP contribution in [0.25, 0.3) is 0 Å². The SMILES string of the molecule is CC(CO)(CO)CCOC(C)(C)C. The fourth-order valence-electron chi connectivity index (χ4n) is 0.812. The number of aliphatic hydroxyl groups excluding tert-OH is 2. The summed E-state index contributed by atoms with van der Waals surface area (Å²) in [4.78, 5) is 0. The van der Waals surface area contributed by atoms with Crippen LogP contribution < -0.4 is 0 Å². The first-order valence-corrected chi connectivity index (χ1v) is 4.69. The van der Waals surface area contributed by atoms with Crippen LogP contribution in [-0.4, -0.2) is 35.6 Å². The highest BCUT2D eigenvalue weighted by Crippen LogP contribution is 2.20. The molecule has 0 rings (SSSR count). The van der Waals surface area contributed by atoms with E-state index in [2.05, 4.69) is 0 Å². The van der Waals surface area contributed by atoms with Crippen LogP contribution in [0, 0.1) is 5.41 Å². The maximum atomic E-state index is 9.00. The Labute approximate surface area is 80.7 Å². The monoisotopic (exact) mass is 190 g/mol. The molecule has 0 spiro atoms.